The third-order valence-corrected chi connectivity index (χ3v) is 4.48. The van der Waals surface area contributed by atoms with Gasteiger partial charge in [0.25, 0.3) is 11.8 Å². The molecule has 2 aliphatic rings. The van der Waals surface area contributed by atoms with Crippen LogP contribution in [0.25, 0.3) is 0 Å². The van der Waals surface area contributed by atoms with Gasteiger partial charge in [0.05, 0.1) is 22.6 Å². The number of carbonyl (C=O) groups excluding carboxylic acids is 2. The van der Waals surface area contributed by atoms with Crippen molar-refractivity contribution in [1.82, 2.24) is 4.90 Å². The molecule has 1 atom stereocenters. The molecule has 7 nitrogen and oxygen atoms in total. The van der Waals surface area contributed by atoms with Gasteiger partial charge in [-0.05, 0) is 30.2 Å². The van der Waals surface area contributed by atoms with E-state index in [0.717, 1.165) is 4.90 Å². The highest BCUT2D eigenvalue weighted by Crippen LogP contribution is 2.34. The molecular weight excluding hydrogens is 325 g/mol. The van der Waals surface area contributed by atoms with Gasteiger partial charge in [0.15, 0.2) is 0 Å². The third-order valence-electron chi connectivity index (χ3n) is 4.48. The van der Waals surface area contributed by atoms with Crippen LogP contribution in [-0.2, 0) is 6.42 Å². The van der Waals surface area contributed by atoms with Crippen molar-refractivity contribution in [2.24, 2.45) is 0 Å². The summed E-state index contributed by atoms with van der Waals surface area (Å²) in [6.45, 7) is 0. The monoisotopic (exact) mass is 337 g/mol. The van der Waals surface area contributed by atoms with E-state index in [-0.39, 0.29) is 28.9 Å². The number of imide groups is 1. The maximum Gasteiger partial charge on any atom is 0.547 e. The Balaban J connectivity index is 1.72. The highest BCUT2D eigenvalue weighted by Gasteiger charge is 2.48. The second kappa shape index (κ2) is 5.46. The van der Waals surface area contributed by atoms with Gasteiger partial charge in [-0.1, -0.05) is 24.3 Å². The Labute approximate surface area is 142 Å². The molecule has 0 saturated carbocycles. The summed E-state index contributed by atoms with van der Waals surface area (Å²) in [6.07, 6.45) is 0.114. The van der Waals surface area contributed by atoms with Crippen LogP contribution in [0.3, 0.4) is 0 Å². The van der Waals surface area contributed by atoms with Crippen molar-refractivity contribution >= 4 is 24.9 Å². The van der Waals surface area contributed by atoms with Crippen LogP contribution in [-0.4, -0.2) is 45.9 Å². The van der Waals surface area contributed by atoms with Crippen LogP contribution >= 0.6 is 0 Å². The van der Waals surface area contributed by atoms with Crippen molar-refractivity contribution in [3.05, 3.63) is 64.7 Å². The molecule has 0 radical (unpaired) electrons. The minimum atomic E-state index is -1.50. The van der Waals surface area contributed by atoms with Crippen LogP contribution in [0.15, 0.2) is 42.5 Å². The molecule has 2 heterocycles. The van der Waals surface area contributed by atoms with E-state index in [0.29, 0.717) is 5.56 Å². The number of carbonyl (C=O) groups is 3. The molecule has 4 rings (SSSR count). The summed E-state index contributed by atoms with van der Waals surface area (Å²) in [5.41, 5.74) is 1.01. The van der Waals surface area contributed by atoms with E-state index in [1.54, 1.807) is 36.4 Å². The predicted molar refractivity (Wildman–Crippen MR) is 86.4 cm³/mol. The van der Waals surface area contributed by atoms with Crippen molar-refractivity contribution in [2.75, 3.05) is 0 Å². The molecule has 0 aromatic heterocycles. The van der Waals surface area contributed by atoms with E-state index < -0.39 is 30.8 Å². The number of hydrogen-bond donors (Lipinski definition) is 2. The first-order valence-corrected chi connectivity index (χ1v) is 7.66. The first-order chi connectivity index (χ1) is 12.0. The van der Waals surface area contributed by atoms with Crippen LogP contribution in [0.2, 0.25) is 0 Å². The quantitative estimate of drug-likeness (QED) is 0.626. The van der Waals surface area contributed by atoms with E-state index in [2.05, 4.69) is 0 Å². The van der Waals surface area contributed by atoms with Gasteiger partial charge < -0.3 is 14.8 Å². The van der Waals surface area contributed by atoms with Crippen LogP contribution < -0.4 is 4.65 Å². The summed E-state index contributed by atoms with van der Waals surface area (Å²) in [5.74, 6) is -3.03. The van der Waals surface area contributed by atoms with Crippen molar-refractivity contribution in [2.45, 2.75) is 12.4 Å². The Morgan fingerprint density at radius 3 is 2.32 bits per heavy atom. The van der Waals surface area contributed by atoms with Gasteiger partial charge in [0.2, 0.25) is 0 Å². The number of rotatable bonds is 2. The van der Waals surface area contributed by atoms with Crippen molar-refractivity contribution in [3.63, 3.8) is 0 Å². The van der Waals surface area contributed by atoms with E-state index in [9.17, 15) is 24.5 Å². The first-order valence-electron chi connectivity index (χ1n) is 7.66. The minimum Gasteiger partial charge on any atom is -0.534 e. The number of aromatic carboxylic acids is 1. The largest absolute Gasteiger partial charge is 0.547 e. The SMILES string of the molecule is O=C(O)c1cccc2c1OB(O)[C@@H](N1C(=O)c3ccccc3C1=O)C2. The number of carboxylic acids is 1. The third kappa shape index (κ3) is 2.22. The minimum absolute atomic E-state index is 0.0651. The normalized spacial score (nSPS) is 18.7. The number of carboxylic acid groups (broad SMARTS) is 1. The standard InChI is InChI=1S/C17H12BNO6/c20-15-10-5-1-2-6-11(10)16(21)19(15)13-8-9-4-3-7-12(17(22)23)14(9)25-18(13)24/h1-7,13,24H,8H2,(H,22,23)/t13-/m0/s1. The highest BCUT2D eigenvalue weighted by atomic mass is 16.5. The van der Waals surface area contributed by atoms with E-state index in [1.807, 2.05) is 0 Å². The highest BCUT2D eigenvalue weighted by molar-refractivity contribution is 6.48. The van der Waals surface area contributed by atoms with Gasteiger partial charge in [-0.15, -0.1) is 0 Å². The average molecular weight is 337 g/mol. The molecule has 2 aromatic rings. The number of benzene rings is 2. The Morgan fingerprint density at radius 1 is 1.08 bits per heavy atom. The fourth-order valence-electron chi connectivity index (χ4n) is 3.31. The molecule has 2 aromatic carbocycles. The lowest BCUT2D eigenvalue weighted by Gasteiger charge is -2.33. The molecule has 0 bridgehead atoms. The number of nitrogens with zero attached hydrogens (tertiary/aromatic N) is 1. The smallest absolute Gasteiger partial charge is 0.534 e. The molecule has 0 unspecified atom stereocenters. The molecule has 0 aliphatic carbocycles. The summed E-state index contributed by atoms with van der Waals surface area (Å²) < 4.78 is 5.37. The number of para-hydroxylation sites is 1. The summed E-state index contributed by atoms with van der Waals surface area (Å²) in [5, 5.41) is 19.6. The van der Waals surface area contributed by atoms with Gasteiger partial charge in [-0.3, -0.25) is 14.5 Å². The Morgan fingerprint density at radius 2 is 1.72 bits per heavy atom. The second-order valence-corrected chi connectivity index (χ2v) is 5.90. The maximum atomic E-state index is 12.6. The first kappa shape index (κ1) is 15.4. The summed E-state index contributed by atoms with van der Waals surface area (Å²) in [7, 11) is -1.50. The molecule has 25 heavy (non-hydrogen) atoms. The van der Waals surface area contributed by atoms with Gasteiger partial charge in [-0.2, -0.15) is 0 Å². The zero-order chi connectivity index (χ0) is 17.7. The van der Waals surface area contributed by atoms with Crippen LogP contribution in [0.4, 0.5) is 0 Å². The average Bonchev–Trinajstić information content (AvgIpc) is 2.85. The fraction of sp³-hybridized carbons (Fsp3) is 0.118. The lowest BCUT2D eigenvalue weighted by Crippen LogP contribution is -2.55. The molecule has 2 amide bonds. The Bertz CT molecular complexity index is 892. The maximum absolute atomic E-state index is 12.6. The molecular formula is C17H12BNO6. The van der Waals surface area contributed by atoms with Crippen LogP contribution in [0, 0.1) is 0 Å². The number of hydrogen-bond acceptors (Lipinski definition) is 5. The van der Waals surface area contributed by atoms with Crippen LogP contribution in [0.5, 0.6) is 5.75 Å². The summed E-state index contributed by atoms with van der Waals surface area (Å²) >= 11 is 0. The number of fused-ring (bicyclic) bond motifs is 2. The molecule has 8 heteroatoms. The van der Waals surface area contributed by atoms with Crippen molar-refractivity contribution in [1.29, 1.82) is 0 Å². The lowest BCUT2D eigenvalue weighted by atomic mass is 9.71. The summed E-state index contributed by atoms with van der Waals surface area (Å²) in [4.78, 5) is 37.4. The zero-order valence-corrected chi connectivity index (χ0v) is 12.9. The number of amides is 2. The molecule has 0 spiro atoms. The van der Waals surface area contributed by atoms with Crippen molar-refractivity contribution in [3.8, 4) is 5.75 Å². The molecule has 0 saturated heterocycles. The Kier molecular flexibility index (Phi) is 3.36. The molecule has 2 N–H and O–H groups in total. The van der Waals surface area contributed by atoms with E-state index in [1.165, 1.54) is 6.07 Å². The van der Waals surface area contributed by atoms with E-state index in [4.69, 9.17) is 4.65 Å². The summed E-state index contributed by atoms with van der Waals surface area (Å²) in [6, 6.07) is 11.0. The van der Waals surface area contributed by atoms with Crippen molar-refractivity contribution < 1.29 is 29.2 Å². The zero-order valence-electron chi connectivity index (χ0n) is 12.9. The van der Waals surface area contributed by atoms with Gasteiger partial charge in [0, 0.05) is 0 Å². The molecule has 0 fully saturated rings. The Hall–Kier alpha value is -3.13. The van der Waals surface area contributed by atoms with Gasteiger partial charge in [-0.25, -0.2) is 4.79 Å². The lowest BCUT2D eigenvalue weighted by molar-refractivity contribution is 0.0599. The molecule has 2 aliphatic heterocycles. The predicted octanol–water partition coefficient (Wildman–Crippen LogP) is 1.00. The fourth-order valence-corrected chi connectivity index (χ4v) is 3.31. The molecule has 124 valence electrons. The second-order valence-electron chi connectivity index (χ2n) is 5.90. The van der Waals surface area contributed by atoms with Gasteiger partial charge >= 0.3 is 13.1 Å². The van der Waals surface area contributed by atoms with E-state index >= 15 is 0 Å². The van der Waals surface area contributed by atoms with Crippen LogP contribution in [0.1, 0.15) is 36.6 Å². The van der Waals surface area contributed by atoms with Gasteiger partial charge in [0.1, 0.15) is 5.75 Å². The topological polar surface area (TPSA) is 104 Å².